The van der Waals surface area contributed by atoms with Crippen LogP contribution in [0.15, 0.2) is 42.5 Å². The summed E-state index contributed by atoms with van der Waals surface area (Å²) in [4.78, 5) is 12.7. The molecule has 5 nitrogen and oxygen atoms in total. The summed E-state index contributed by atoms with van der Waals surface area (Å²) in [5, 5.41) is 3.31. The number of halogens is 2. The van der Waals surface area contributed by atoms with Crippen LogP contribution in [0, 0.1) is 0 Å². The normalized spacial score (nSPS) is 12.7. The largest absolute Gasteiger partial charge is 0.324 e. The molecule has 0 saturated heterocycles. The van der Waals surface area contributed by atoms with Gasteiger partial charge in [-0.25, -0.2) is 8.42 Å². The fraction of sp³-hybridized carbons (Fsp3) is 0.316. The number of sulfonamides is 1. The number of anilines is 2. The lowest BCUT2D eigenvalue weighted by Crippen LogP contribution is -2.45. The first-order chi connectivity index (χ1) is 12.5. The van der Waals surface area contributed by atoms with Gasteiger partial charge in [-0.1, -0.05) is 49.2 Å². The minimum atomic E-state index is -3.75. The quantitative estimate of drug-likeness (QED) is 0.710. The highest BCUT2D eigenvalue weighted by molar-refractivity contribution is 7.92. The molecule has 0 fully saturated rings. The van der Waals surface area contributed by atoms with Crippen molar-refractivity contribution in [2.75, 3.05) is 15.9 Å². The van der Waals surface area contributed by atoms with Crippen LogP contribution in [0.1, 0.15) is 32.3 Å². The van der Waals surface area contributed by atoms with E-state index in [9.17, 15) is 13.2 Å². The fourth-order valence-electron chi connectivity index (χ4n) is 2.67. The number of amides is 1. The molecule has 1 amide bonds. The van der Waals surface area contributed by atoms with E-state index >= 15 is 0 Å². The Kier molecular flexibility index (Phi) is 6.78. The van der Waals surface area contributed by atoms with Crippen molar-refractivity contribution in [3.63, 3.8) is 0 Å². The van der Waals surface area contributed by atoms with Gasteiger partial charge in [0.2, 0.25) is 15.9 Å². The van der Waals surface area contributed by atoms with Crippen molar-refractivity contribution in [3.05, 3.63) is 58.1 Å². The zero-order chi connectivity index (χ0) is 20.4. The van der Waals surface area contributed by atoms with E-state index in [-0.39, 0.29) is 15.7 Å². The van der Waals surface area contributed by atoms with Gasteiger partial charge in [0, 0.05) is 15.7 Å². The standard InChI is InChI=1S/C19H22Cl2N2O3S/c1-12(2)14-5-7-17(8-6-14)22-19(24)13(3)23(27(4,25)26)18-10-15(20)9-16(21)11-18/h5-13H,1-4H3,(H,22,24). The molecule has 0 saturated carbocycles. The summed E-state index contributed by atoms with van der Waals surface area (Å²) in [6.45, 7) is 5.67. The van der Waals surface area contributed by atoms with Gasteiger partial charge in [-0.05, 0) is 48.7 Å². The maximum absolute atomic E-state index is 12.7. The first-order valence-corrected chi connectivity index (χ1v) is 11.0. The van der Waals surface area contributed by atoms with E-state index in [0.717, 1.165) is 16.1 Å². The molecular weight excluding hydrogens is 407 g/mol. The summed E-state index contributed by atoms with van der Waals surface area (Å²) < 4.78 is 25.7. The van der Waals surface area contributed by atoms with Gasteiger partial charge in [-0.2, -0.15) is 0 Å². The Morgan fingerprint density at radius 1 is 1.00 bits per heavy atom. The second kappa shape index (κ2) is 8.50. The van der Waals surface area contributed by atoms with Gasteiger partial charge in [0.1, 0.15) is 6.04 Å². The Hall–Kier alpha value is -1.76. The smallest absolute Gasteiger partial charge is 0.247 e. The summed E-state index contributed by atoms with van der Waals surface area (Å²) in [5.41, 5.74) is 1.97. The predicted molar refractivity (Wildman–Crippen MR) is 112 cm³/mol. The van der Waals surface area contributed by atoms with Gasteiger partial charge in [-0.15, -0.1) is 0 Å². The van der Waals surface area contributed by atoms with Crippen molar-refractivity contribution < 1.29 is 13.2 Å². The highest BCUT2D eigenvalue weighted by Gasteiger charge is 2.29. The SMILES string of the molecule is CC(C)c1ccc(NC(=O)C(C)N(c2cc(Cl)cc(Cl)c2)S(C)(=O)=O)cc1. The van der Waals surface area contributed by atoms with E-state index in [1.54, 1.807) is 12.1 Å². The molecule has 0 aliphatic heterocycles. The highest BCUT2D eigenvalue weighted by Crippen LogP contribution is 2.29. The second-order valence-corrected chi connectivity index (χ2v) is 9.36. The topological polar surface area (TPSA) is 66.5 Å². The van der Waals surface area contributed by atoms with Crippen molar-refractivity contribution in [2.45, 2.75) is 32.7 Å². The van der Waals surface area contributed by atoms with Crippen LogP contribution in [0.5, 0.6) is 0 Å². The number of rotatable bonds is 6. The third kappa shape index (κ3) is 5.61. The minimum Gasteiger partial charge on any atom is -0.324 e. The molecule has 0 aliphatic rings. The number of benzene rings is 2. The second-order valence-electron chi connectivity index (χ2n) is 6.63. The first-order valence-electron chi connectivity index (χ1n) is 8.35. The van der Waals surface area contributed by atoms with Gasteiger partial charge >= 0.3 is 0 Å². The fourth-order valence-corrected chi connectivity index (χ4v) is 4.35. The maximum atomic E-state index is 12.7. The molecule has 2 aromatic rings. The number of hydrogen-bond acceptors (Lipinski definition) is 3. The molecule has 0 spiro atoms. The lowest BCUT2D eigenvalue weighted by molar-refractivity contribution is -0.116. The number of carbonyl (C=O) groups is 1. The van der Waals surface area contributed by atoms with E-state index in [1.165, 1.54) is 25.1 Å². The van der Waals surface area contributed by atoms with Crippen LogP contribution >= 0.6 is 23.2 Å². The summed E-state index contributed by atoms with van der Waals surface area (Å²) >= 11 is 12.0. The molecule has 2 rings (SSSR count). The van der Waals surface area contributed by atoms with Crippen LogP contribution in [0.4, 0.5) is 11.4 Å². The summed E-state index contributed by atoms with van der Waals surface area (Å²) in [5.74, 6) is -0.0872. The zero-order valence-electron chi connectivity index (χ0n) is 15.5. The third-order valence-electron chi connectivity index (χ3n) is 4.04. The van der Waals surface area contributed by atoms with Crippen LogP contribution in [0.2, 0.25) is 10.0 Å². The maximum Gasteiger partial charge on any atom is 0.247 e. The molecule has 0 bridgehead atoms. The van der Waals surface area contributed by atoms with Gasteiger partial charge in [0.05, 0.1) is 11.9 Å². The monoisotopic (exact) mass is 428 g/mol. The lowest BCUT2D eigenvalue weighted by Gasteiger charge is -2.28. The van der Waals surface area contributed by atoms with Crippen LogP contribution in [0.3, 0.4) is 0 Å². The van der Waals surface area contributed by atoms with Crippen molar-refractivity contribution in [1.82, 2.24) is 0 Å². The molecule has 1 atom stereocenters. The van der Waals surface area contributed by atoms with Crippen LogP contribution in [0.25, 0.3) is 0 Å². The van der Waals surface area contributed by atoms with Gasteiger partial charge in [-0.3, -0.25) is 9.10 Å². The summed E-state index contributed by atoms with van der Waals surface area (Å²) in [6, 6.07) is 10.8. The molecule has 0 aliphatic carbocycles. The first kappa shape index (κ1) is 21.5. The van der Waals surface area contributed by atoms with E-state index < -0.39 is 22.0 Å². The Morgan fingerprint density at radius 2 is 1.52 bits per heavy atom. The molecule has 8 heteroatoms. The highest BCUT2D eigenvalue weighted by atomic mass is 35.5. The van der Waals surface area contributed by atoms with Crippen molar-refractivity contribution in [3.8, 4) is 0 Å². The average molecular weight is 429 g/mol. The van der Waals surface area contributed by atoms with Gasteiger partial charge < -0.3 is 5.32 Å². The van der Waals surface area contributed by atoms with Crippen LogP contribution in [-0.4, -0.2) is 26.6 Å². The molecule has 27 heavy (non-hydrogen) atoms. The molecule has 2 aromatic carbocycles. The van der Waals surface area contributed by atoms with E-state index in [4.69, 9.17) is 23.2 Å². The average Bonchev–Trinajstić information content (AvgIpc) is 2.53. The van der Waals surface area contributed by atoms with Crippen LogP contribution in [-0.2, 0) is 14.8 Å². The number of nitrogens with zero attached hydrogens (tertiary/aromatic N) is 1. The minimum absolute atomic E-state index is 0.229. The Labute approximate surface area is 170 Å². The molecule has 0 heterocycles. The Morgan fingerprint density at radius 3 is 1.96 bits per heavy atom. The Bertz CT molecular complexity index is 908. The molecule has 1 N–H and O–H groups in total. The molecule has 1 unspecified atom stereocenters. The molecule has 0 radical (unpaired) electrons. The van der Waals surface area contributed by atoms with Crippen molar-refractivity contribution in [1.29, 1.82) is 0 Å². The molecular formula is C19H22Cl2N2O3S. The third-order valence-corrected chi connectivity index (χ3v) is 5.71. The van der Waals surface area contributed by atoms with Gasteiger partial charge in [0.15, 0.2) is 0 Å². The van der Waals surface area contributed by atoms with Crippen molar-refractivity contribution in [2.24, 2.45) is 0 Å². The molecule has 146 valence electrons. The number of hydrogen-bond donors (Lipinski definition) is 1. The predicted octanol–water partition coefficient (Wildman–Crippen LogP) is 4.91. The summed E-state index contributed by atoms with van der Waals surface area (Å²) in [7, 11) is -3.75. The van der Waals surface area contributed by atoms with E-state index in [0.29, 0.717) is 11.6 Å². The zero-order valence-corrected chi connectivity index (χ0v) is 17.9. The van der Waals surface area contributed by atoms with E-state index in [2.05, 4.69) is 19.2 Å². The van der Waals surface area contributed by atoms with Crippen molar-refractivity contribution >= 4 is 50.5 Å². The lowest BCUT2D eigenvalue weighted by atomic mass is 10.0. The van der Waals surface area contributed by atoms with Crippen LogP contribution < -0.4 is 9.62 Å². The number of carbonyl (C=O) groups excluding carboxylic acids is 1. The summed E-state index contributed by atoms with van der Waals surface area (Å²) in [6.07, 6.45) is 1.03. The van der Waals surface area contributed by atoms with E-state index in [1.807, 2.05) is 12.1 Å². The van der Waals surface area contributed by atoms with Gasteiger partial charge in [0.25, 0.3) is 0 Å². The number of nitrogens with one attached hydrogen (secondary N) is 1. The molecule has 0 aromatic heterocycles. The Balaban J connectivity index is 2.29.